The smallest absolute Gasteiger partial charge is 0.408 e. The number of nitrogens with one attached hydrogen (secondary N) is 1. The molecular formula is C20H28ClN3O4. The number of hydrogen-bond donors (Lipinski definition) is 1. The quantitative estimate of drug-likeness (QED) is 0.810. The summed E-state index contributed by atoms with van der Waals surface area (Å²) in [6, 6.07) is 7.50. The van der Waals surface area contributed by atoms with E-state index in [-0.39, 0.29) is 18.4 Å². The lowest BCUT2D eigenvalue weighted by Crippen LogP contribution is -2.52. The second-order valence-corrected chi connectivity index (χ2v) is 8.12. The number of hydrogen-bond acceptors (Lipinski definition) is 4. The molecule has 3 amide bonds. The van der Waals surface area contributed by atoms with Gasteiger partial charge in [-0.2, -0.15) is 0 Å². The molecule has 0 spiro atoms. The van der Waals surface area contributed by atoms with Crippen LogP contribution in [0.5, 0.6) is 0 Å². The average molecular weight is 410 g/mol. The van der Waals surface area contributed by atoms with Crippen molar-refractivity contribution in [2.75, 3.05) is 32.7 Å². The zero-order valence-corrected chi connectivity index (χ0v) is 17.4. The molecule has 1 saturated heterocycles. The minimum Gasteiger partial charge on any atom is -0.444 e. The van der Waals surface area contributed by atoms with Crippen LogP contribution < -0.4 is 5.32 Å². The van der Waals surface area contributed by atoms with Crippen LogP contribution in [0, 0.1) is 0 Å². The van der Waals surface area contributed by atoms with Crippen molar-refractivity contribution in [3.63, 3.8) is 0 Å². The molecule has 0 aromatic heterocycles. The molecule has 1 aromatic rings. The average Bonchev–Trinajstić information content (AvgIpc) is 2.64. The van der Waals surface area contributed by atoms with Gasteiger partial charge in [-0.15, -0.1) is 0 Å². The highest BCUT2D eigenvalue weighted by Gasteiger charge is 2.25. The van der Waals surface area contributed by atoms with E-state index in [9.17, 15) is 14.4 Å². The van der Waals surface area contributed by atoms with Crippen molar-refractivity contribution in [2.24, 2.45) is 0 Å². The second kappa shape index (κ2) is 9.78. The van der Waals surface area contributed by atoms with Crippen LogP contribution in [0.1, 0.15) is 32.8 Å². The summed E-state index contributed by atoms with van der Waals surface area (Å²) in [6.45, 7) is 7.04. The van der Waals surface area contributed by atoms with Gasteiger partial charge in [-0.3, -0.25) is 9.59 Å². The highest BCUT2D eigenvalue weighted by molar-refractivity contribution is 6.31. The first-order chi connectivity index (χ1) is 13.2. The molecule has 1 fully saturated rings. The molecule has 1 aromatic carbocycles. The minimum absolute atomic E-state index is 0.0545. The Morgan fingerprint density at radius 1 is 1.04 bits per heavy atom. The van der Waals surface area contributed by atoms with Crippen LogP contribution in [0.4, 0.5) is 4.79 Å². The lowest BCUT2D eigenvalue weighted by atomic mass is 10.1. The SMILES string of the molecule is CC(C)(C)OC(=O)NCC(=O)N1CCN(C(=O)CCc2ccccc2Cl)CC1. The lowest BCUT2D eigenvalue weighted by molar-refractivity contribution is -0.139. The van der Waals surface area contributed by atoms with Gasteiger partial charge in [-0.1, -0.05) is 29.8 Å². The molecular weight excluding hydrogens is 382 g/mol. The summed E-state index contributed by atoms with van der Waals surface area (Å²) in [7, 11) is 0. The van der Waals surface area contributed by atoms with Crippen LogP contribution in [0.2, 0.25) is 5.02 Å². The Bertz CT molecular complexity index is 710. The third-order valence-corrected chi connectivity index (χ3v) is 4.70. The zero-order valence-electron chi connectivity index (χ0n) is 16.7. The fourth-order valence-corrected chi connectivity index (χ4v) is 3.11. The number of aryl methyl sites for hydroxylation is 1. The monoisotopic (exact) mass is 409 g/mol. The number of alkyl carbamates (subject to hydrolysis) is 1. The predicted octanol–water partition coefficient (Wildman–Crippen LogP) is 2.47. The highest BCUT2D eigenvalue weighted by atomic mass is 35.5. The van der Waals surface area contributed by atoms with E-state index in [0.29, 0.717) is 44.0 Å². The number of benzene rings is 1. The molecule has 1 heterocycles. The van der Waals surface area contributed by atoms with Crippen molar-refractivity contribution < 1.29 is 19.1 Å². The molecule has 2 rings (SSSR count). The van der Waals surface area contributed by atoms with Crippen molar-refractivity contribution in [1.82, 2.24) is 15.1 Å². The summed E-state index contributed by atoms with van der Waals surface area (Å²) in [6.07, 6.45) is 0.365. The largest absolute Gasteiger partial charge is 0.444 e. The van der Waals surface area contributed by atoms with Crippen LogP contribution in [-0.2, 0) is 20.7 Å². The molecule has 1 aliphatic rings. The maximum Gasteiger partial charge on any atom is 0.408 e. The highest BCUT2D eigenvalue weighted by Crippen LogP contribution is 2.17. The van der Waals surface area contributed by atoms with E-state index in [1.165, 1.54) is 0 Å². The fraction of sp³-hybridized carbons (Fsp3) is 0.550. The van der Waals surface area contributed by atoms with Gasteiger partial charge < -0.3 is 19.9 Å². The van der Waals surface area contributed by atoms with Crippen molar-refractivity contribution in [1.29, 1.82) is 0 Å². The molecule has 0 atom stereocenters. The van der Waals surface area contributed by atoms with Gasteiger partial charge in [-0.05, 0) is 38.8 Å². The number of rotatable bonds is 5. The van der Waals surface area contributed by atoms with Crippen LogP contribution in [0.15, 0.2) is 24.3 Å². The summed E-state index contributed by atoms with van der Waals surface area (Å²) in [5.41, 5.74) is 0.350. The van der Waals surface area contributed by atoms with Crippen molar-refractivity contribution in [3.05, 3.63) is 34.9 Å². The number of halogens is 1. The standard InChI is InChI=1S/C20H28ClN3O4/c1-20(2,3)28-19(27)22-14-18(26)24-12-10-23(11-13-24)17(25)9-8-15-6-4-5-7-16(15)21/h4-7H,8-14H2,1-3H3,(H,22,27). The molecule has 1 N–H and O–H groups in total. The van der Waals surface area contributed by atoms with Crippen LogP contribution >= 0.6 is 11.6 Å². The maximum atomic E-state index is 12.4. The van der Waals surface area contributed by atoms with Crippen molar-refractivity contribution in [2.45, 2.75) is 39.2 Å². The zero-order chi connectivity index (χ0) is 20.7. The molecule has 7 nitrogen and oxygen atoms in total. The lowest BCUT2D eigenvalue weighted by Gasteiger charge is -2.35. The third-order valence-electron chi connectivity index (χ3n) is 4.33. The summed E-state index contributed by atoms with van der Waals surface area (Å²) in [5.74, 6) is -0.132. The normalized spacial score (nSPS) is 14.6. The Morgan fingerprint density at radius 3 is 2.18 bits per heavy atom. The Morgan fingerprint density at radius 2 is 1.61 bits per heavy atom. The van der Waals surface area contributed by atoms with Crippen LogP contribution in [0.25, 0.3) is 0 Å². The second-order valence-electron chi connectivity index (χ2n) is 7.71. The molecule has 0 radical (unpaired) electrons. The van der Waals surface area contributed by atoms with E-state index in [1.54, 1.807) is 30.6 Å². The van der Waals surface area contributed by atoms with Gasteiger partial charge in [0, 0.05) is 37.6 Å². The number of carbonyl (C=O) groups excluding carboxylic acids is 3. The molecule has 28 heavy (non-hydrogen) atoms. The predicted molar refractivity (Wildman–Crippen MR) is 107 cm³/mol. The van der Waals surface area contributed by atoms with E-state index in [0.717, 1.165) is 5.56 Å². The van der Waals surface area contributed by atoms with E-state index in [1.807, 2.05) is 24.3 Å². The van der Waals surface area contributed by atoms with E-state index < -0.39 is 11.7 Å². The van der Waals surface area contributed by atoms with Gasteiger partial charge in [0.25, 0.3) is 0 Å². The first-order valence-electron chi connectivity index (χ1n) is 9.41. The summed E-state index contributed by atoms with van der Waals surface area (Å²) in [5, 5.41) is 3.14. The van der Waals surface area contributed by atoms with Gasteiger partial charge in [0.15, 0.2) is 0 Å². The Kier molecular flexibility index (Phi) is 7.69. The van der Waals surface area contributed by atoms with Crippen molar-refractivity contribution >= 4 is 29.5 Å². The number of piperazine rings is 1. The summed E-state index contributed by atoms with van der Waals surface area (Å²) >= 11 is 6.13. The van der Waals surface area contributed by atoms with Gasteiger partial charge in [0.05, 0.1) is 0 Å². The van der Waals surface area contributed by atoms with E-state index in [4.69, 9.17) is 16.3 Å². The van der Waals surface area contributed by atoms with Gasteiger partial charge in [0.2, 0.25) is 11.8 Å². The number of amides is 3. The molecule has 0 bridgehead atoms. The molecule has 0 saturated carbocycles. The Labute approximate surface area is 171 Å². The van der Waals surface area contributed by atoms with Gasteiger partial charge in [0.1, 0.15) is 12.1 Å². The molecule has 0 aliphatic carbocycles. The van der Waals surface area contributed by atoms with Gasteiger partial charge in [-0.25, -0.2) is 4.79 Å². The fourth-order valence-electron chi connectivity index (χ4n) is 2.88. The number of carbonyl (C=O) groups is 3. The minimum atomic E-state index is -0.616. The number of ether oxygens (including phenoxy) is 1. The molecule has 8 heteroatoms. The maximum absolute atomic E-state index is 12.4. The van der Waals surface area contributed by atoms with Gasteiger partial charge >= 0.3 is 6.09 Å². The molecule has 0 unspecified atom stereocenters. The number of nitrogens with zero attached hydrogens (tertiary/aromatic N) is 2. The first-order valence-corrected chi connectivity index (χ1v) is 9.79. The molecule has 1 aliphatic heterocycles. The summed E-state index contributed by atoms with van der Waals surface area (Å²) in [4.78, 5) is 39.7. The van der Waals surface area contributed by atoms with Crippen molar-refractivity contribution in [3.8, 4) is 0 Å². The Balaban J connectivity index is 1.71. The topological polar surface area (TPSA) is 79.0 Å². The Hall–Kier alpha value is -2.28. The third kappa shape index (κ3) is 7.03. The first kappa shape index (κ1) is 22.0. The molecule has 154 valence electrons. The van der Waals surface area contributed by atoms with Crippen LogP contribution in [-0.4, -0.2) is 66.0 Å². The van der Waals surface area contributed by atoms with Crippen LogP contribution in [0.3, 0.4) is 0 Å². The van der Waals surface area contributed by atoms with E-state index >= 15 is 0 Å². The summed E-state index contributed by atoms with van der Waals surface area (Å²) < 4.78 is 5.11. The van der Waals surface area contributed by atoms with E-state index in [2.05, 4.69) is 5.32 Å².